The van der Waals surface area contributed by atoms with Crippen molar-refractivity contribution in [1.29, 1.82) is 0 Å². The van der Waals surface area contributed by atoms with Gasteiger partial charge in [0.2, 0.25) is 0 Å². The Balaban J connectivity index is 1.57. The van der Waals surface area contributed by atoms with Gasteiger partial charge in [0, 0.05) is 30.7 Å². The summed E-state index contributed by atoms with van der Waals surface area (Å²) in [7, 11) is 2.09. The maximum Gasteiger partial charge on any atom is 0.254 e. The number of nitrogens with two attached hydrogens (primary N) is 1. The van der Waals surface area contributed by atoms with Gasteiger partial charge in [0.05, 0.1) is 12.1 Å². The predicted molar refractivity (Wildman–Crippen MR) is 95.8 cm³/mol. The van der Waals surface area contributed by atoms with Gasteiger partial charge in [-0.3, -0.25) is 9.69 Å². The van der Waals surface area contributed by atoms with Crippen LogP contribution in [0.5, 0.6) is 0 Å². The molecule has 1 aliphatic heterocycles. The fraction of sp³-hybridized carbons (Fsp3) is 0.471. The van der Waals surface area contributed by atoms with E-state index in [1.54, 1.807) is 23.6 Å². The zero-order valence-electron chi connectivity index (χ0n) is 13.9. The monoisotopic (exact) mass is 345 g/mol. The minimum Gasteiger partial charge on any atom is -0.384 e. The number of aromatic nitrogens is 2. The Morgan fingerprint density at radius 3 is 3.04 bits per heavy atom. The zero-order chi connectivity index (χ0) is 16.9. The summed E-state index contributed by atoms with van der Waals surface area (Å²) in [5.74, 6) is 1.40. The molecule has 0 aromatic carbocycles. The first-order chi connectivity index (χ1) is 11.6. The van der Waals surface area contributed by atoms with E-state index in [1.165, 1.54) is 0 Å². The average molecular weight is 345 g/mol. The van der Waals surface area contributed by atoms with Crippen LogP contribution in [0.2, 0.25) is 0 Å². The van der Waals surface area contributed by atoms with Gasteiger partial charge in [0.1, 0.15) is 11.6 Å². The summed E-state index contributed by atoms with van der Waals surface area (Å²) in [6.07, 6.45) is 4.75. The van der Waals surface area contributed by atoms with E-state index >= 15 is 0 Å². The molecule has 24 heavy (non-hydrogen) atoms. The van der Waals surface area contributed by atoms with E-state index in [-0.39, 0.29) is 5.91 Å². The van der Waals surface area contributed by atoms with Gasteiger partial charge in [0.25, 0.3) is 5.91 Å². The number of anilines is 1. The number of amides is 1. The average Bonchev–Trinajstić information content (AvgIpc) is 2.98. The van der Waals surface area contributed by atoms with Crippen molar-refractivity contribution in [1.82, 2.24) is 19.8 Å². The van der Waals surface area contributed by atoms with Crippen LogP contribution in [-0.4, -0.2) is 51.9 Å². The van der Waals surface area contributed by atoms with Crippen molar-refractivity contribution in [3.63, 3.8) is 0 Å². The first kappa shape index (κ1) is 16.9. The molecule has 2 N–H and O–H groups in total. The molecular weight excluding hydrogens is 322 g/mol. The minimum atomic E-state index is 0.152. The number of carbonyl (C=O) groups is 1. The van der Waals surface area contributed by atoms with Gasteiger partial charge in [-0.15, -0.1) is 0 Å². The Bertz CT molecular complexity index is 675. The first-order valence-electron chi connectivity index (χ1n) is 8.22. The van der Waals surface area contributed by atoms with E-state index in [4.69, 9.17) is 5.73 Å². The lowest BCUT2D eigenvalue weighted by Crippen LogP contribution is -2.35. The third-order valence-electron chi connectivity index (χ3n) is 4.49. The minimum absolute atomic E-state index is 0.152. The van der Waals surface area contributed by atoms with Crippen molar-refractivity contribution >= 4 is 23.1 Å². The van der Waals surface area contributed by atoms with Crippen molar-refractivity contribution in [3.8, 4) is 0 Å². The van der Waals surface area contributed by atoms with Crippen LogP contribution in [-0.2, 0) is 6.54 Å². The largest absolute Gasteiger partial charge is 0.384 e. The summed E-state index contributed by atoms with van der Waals surface area (Å²) in [5.41, 5.74) is 6.53. The molecule has 2 aromatic heterocycles. The van der Waals surface area contributed by atoms with Crippen LogP contribution in [0.4, 0.5) is 5.82 Å². The van der Waals surface area contributed by atoms with Crippen LogP contribution in [0, 0.1) is 0 Å². The molecule has 1 aliphatic rings. The number of thiophene rings is 1. The summed E-state index contributed by atoms with van der Waals surface area (Å²) >= 11 is 1.57. The maximum absolute atomic E-state index is 12.5. The Kier molecular flexibility index (Phi) is 5.42. The van der Waals surface area contributed by atoms with Gasteiger partial charge in [-0.25, -0.2) is 9.97 Å². The number of nitrogen functional groups attached to an aromatic ring is 1. The fourth-order valence-electron chi connectivity index (χ4n) is 3.13. The van der Waals surface area contributed by atoms with Crippen LogP contribution >= 0.6 is 11.3 Å². The SMILES string of the molecule is CN(Cc1nccc(N)n1)C1CCCN(C(=O)c2ccsc2)CC1. The van der Waals surface area contributed by atoms with E-state index in [2.05, 4.69) is 21.9 Å². The molecule has 0 aliphatic carbocycles. The number of likely N-dealkylation sites (tertiary alicyclic amines) is 1. The predicted octanol–water partition coefficient (Wildman–Crippen LogP) is 2.25. The molecule has 1 saturated heterocycles. The lowest BCUT2D eigenvalue weighted by atomic mass is 10.1. The molecule has 3 rings (SSSR count). The van der Waals surface area contributed by atoms with Crippen LogP contribution < -0.4 is 5.73 Å². The van der Waals surface area contributed by atoms with Crippen molar-refractivity contribution in [2.45, 2.75) is 31.8 Å². The normalized spacial score (nSPS) is 18.6. The van der Waals surface area contributed by atoms with E-state index in [0.717, 1.165) is 43.7 Å². The number of nitrogens with zero attached hydrogens (tertiary/aromatic N) is 4. The van der Waals surface area contributed by atoms with Crippen LogP contribution in [0.1, 0.15) is 35.4 Å². The van der Waals surface area contributed by atoms with E-state index in [1.807, 2.05) is 21.7 Å². The molecule has 1 unspecified atom stereocenters. The molecule has 6 nitrogen and oxygen atoms in total. The molecule has 3 heterocycles. The molecule has 1 fully saturated rings. The maximum atomic E-state index is 12.5. The third kappa shape index (κ3) is 4.10. The number of hydrogen-bond acceptors (Lipinski definition) is 6. The van der Waals surface area contributed by atoms with Crippen molar-refractivity contribution < 1.29 is 4.79 Å². The number of rotatable bonds is 4. The molecule has 0 saturated carbocycles. The standard InChI is InChI=1S/C17H23N5OS/c1-21(11-16-19-7-4-15(18)20-16)14-3-2-8-22(9-5-14)17(23)13-6-10-24-12-13/h4,6-7,10,12,14H,2-3,5,8-9,11H2,1H3,(H2,18,19,20). The summed E-state index contributed by atoms with van der Waals surface area (Å²) in [6, 6.07) is 4.03. The first-order valence-corrected chi connectivity index (χ1v) is 9.17. The van der Waals surface area contributed by atoms with Gasteiger partial charge in [-0.05, 0) is 43.8 Å². The van der Waals surface area contributed by atoms with Gasteiger partial charge < -0.3 is 10.6 Å². The summed E-state index contributed by atoms with van der Waals surface area (Å²) in [6.45, 7) is 2.30. The lowest BCUT2D eigenvalue weighted by molar-refractivity contribution is 0.0758. The Morgan fingerprint density at radius 1 is 1.42 bits per heavy atom. The smallest absolute Gasteiger partial charge is 0.254 e. The highest BCUT2D eigenvalue weighted by molar-refractivity contribution is 7.08. The summed E-state index contributed by atoms with van der Waals surface area (Å²) in [5, 5.41) is 3.88. The molecule has 2 aromatic rings. The van der Waals surface area contributed by atoms with Crippen molar-refractivity contribution in [3.05, 3.63) is 40.5 Å². The molecule has 1 atom stereocenters. The molecule has 0 radical (unpaired) electrons. The Morgan fingerprint density at radius 2 is 2.29 bits per heavy atom. The quantitative estimate of drug-likeness (QED) is 0.920. The van der Waals surface area contributed by atoms with Gasteiger partial charge in [0.15, 0.2) is 0 Å². The summed E-state index contributed by atoms with van der Waals surface area (Å²) in [4.78, 5) is 25.3. The summed E-state index contributed by atoms with van der Waals surface area (Å²) < 4.78 is 0. The topological polar surface area (TPSA) is 75.4 Å². The third-order valence-corrected chi connectivity index (χ3v) is 5.18. The molecule has 0 spiro atoms. The second-order valence-corrected chi connectivity index (χ2v) is 6.98. The lowest BCUT2D eigenvalue weighted by Gasteiger charge is -2.26. The number of hydrogen-bond donors (Lipinski definition) is 1. The highest BCUT2D eigenvalue weighted by Gasteiger charge is 2.24. The van der Waals surface area contributed by atoms with E-state index in [9.17, 15) is 4.79 Å². The van der Waals surface area contributed by atoms with Crippen molar-refractivity contribution in [2.75, 3.05) is 25.9 Å². The zero-order valence-corrected chi connectivity index (χ0v) is 14.7. The van der Waals surface area contributed by atoms with Gasteiger partial charge in [-0.2, -0.15) is 11.3 Å². The molecule has 0 bridgehead atoms. The van der Waals surface area contributed by atoms with Crippen LogP contribution in [0.3, 0.4) is 0 Å². The highest BCUT2D eigenvalue weighted by Crippen LogP contribution is 2.19. The second-order valence-electron chi connectivity index (χ2n) is 6.20. The van der Waals surface area contributed by atoms with Crippen LogP contribution in [0.15, 0.2) is 29.1 Å². The Labute approximate surface area is 146 Å². The highest BCUT2D eigenvalue weighted by atomic mass is 32.1. The Hall–Kier alpha value is -1.99. The van der Waals surface area contributed by atoms with Gasteiger partial charge in [-0.1, -0.05) is 0 Å². The molecule has 128 valence electrons. The fourth-order valence-corrected chi connectivity index (χ4v) is 3.76. The van der Waals surface area contributed by atoms with Crippen molar-refractivity contribution in [2.24, 2.45) is 0 Å². The molecular formula is C17H23N5OS. The number of carbonyl (C=O) groups excluding carboxylic acids is 1. The molecule has 7 heteroatoms. The second kappa shape index (κ2) is 7.72. The molecule has 1 amide bonds. The van der Waals surface area contributed by atoms with Crippen LogP contribution in [0.25, 0.3) is 0 Å². The van der Waals surface area contributed by atoms with E-state index in [0.29, 0.717) is 18.4 Å². The van der Waals surface area contributed by atoms with Gasteiger partial charge >= 0.3 is 0 Å². The van der Waals surface area contributed by atoms with E-state index < -0.39 is 0 Å².